The summed E-state index contributed by atoms with van der Waals surface area (Å²) in [6, 6.07) is 13.7. The van der Waals surface area contributed by atoms with E-state index in [2.05, 4.69) is 29.6 Å². The normalized spacial score (nSPS) is 18.2. The highest BCUT2D eigenvalue weighted by atomic mass is 35.5. The Hall–Kier alpha value is -1.54. The number of hydrogen-bond acceptors (Lipinski definition) is 1. The first-order valence-electron chi connectivity index (χ1n) is 7.03. The Morgan fingerprint density at radius 3 is 2.80 bits per heavy atom. The van der Waals surface area contributed by atoms with E-state index in [-0.39, 0.29) is 16.9 Å². The van der Waals surface area contributed by atoms with E-state index in [1.807, 2.05) is 6.07 Å². The van der Waals surface area contributed by atoms with Crippen LogP contribution in [0.4, 0.5) is 10.1 Å². The molecule has 0 fully saturated rings. The van der Waals surface area contributed by atoms with Crippen molar-refractivity contribution < 1.29 is 4.39 Å². The van der Waals surface area contributed by atoms with Gasteiger partial charge in [0.1, 0.15) is 5.82 Å². The highest BCUT2D eigenvalue weighted by molar-refractivity contribution is 6.30. The second-order valence-electron chi connectivity index (χ2n) is 5.27. The summed E-state index contributed by atoms with van der Waals surface area (Å²) in [5, 5.41) is 3.61. The predicted octanol–water partition coefficient (Wildman–Crippen LogP) is 5.36. The minimum Gasteiger partial charge on any atom is -0.378 e. The number of halogens is 2. The third-order valence-electron chi connectivity index (χ3n) is 3.88. The van der Waals surface area contributed by atoms with Crippen molar-refractivity contribution in [2.45, 2.75) is 31.7 Å². The smallest absolute Gasteiger partial charge is 0.143 e. The maximum Gasteiger partial charge on any atom is 0.143 e. The van der Waals surface area contributed by atoms with Crippen LogP contribution in [-0.2, 0) is 6.42 Å². The molecule has 0 saturated carbocycles. The number of nitrogens with one attached hydrogen (secondary N) is 1. The Labute approximate surface area is 123 Å². The van der Waals surface area contributed by atoms with Crippen LogP contribution in [0.25, 0.3) is 0 Å². The van der Waals surface area contributed by atoms with Crippen LogP contribution < -0.4 is 5.32 Å². The van der Waals surface area contributed by atoms with Crippen LogP contribution in [0.3, 0.4) is 0 Å². The third kappa shape index (κ3) is 2.80. The second kappa shape index (κ2) is 5.84. The van der Waals surface area contributed by atoms with Crippen LogP contribution in [-0.4, -0.2) is 0 Å². The maximum absolute atomic E-state index is 13.5. The molecular weight excluding hydrogens is 273 g/mol. The molecular formula is C17H17ClFN. The molecule has 0 saturated heterocycles. The van der Waals surface area contributed by atoms with E-state index in [1.165, 1.54) is 30.0 Å². The van der Waals surface area contributed by atoms with Gasteiger partial charge in [-0.2, -0.15) is 0 Å². The lowest BCUT2D eigenvalue weighted by Gasteiger charge is -2.20. The largest absolute Gasteiger partial charge is 0.378 e. The molecule has 0 spiro atoms. The summed E-state index contributed by atoms with van der Waals surface area (Å²) in [6.45, 7) is 0. The molecule has 0 radical (unpaired) electrons. The third-order valence-corrected chi connectivity index (χ3v) is 4.19. The van der Waals surface area contributed by atoms with Gasteiger partial charge in [0.15, 0.2) is 0 Å². The zero-order valence-corrected chi connectivity index (χ0v) is 12.0. The van der Waals surface area contributed by atoms with Gasteiger partial charge in [-0.25, -0.2) is 4.39 Å². The highest BCUT2D eigenvalue weighted by Crippen LogP contribution is 2.32. The number of benzene rings is 2. The first-order chi connectivity index (χ1) is 9.74. The molecule has 1 N–H and O–H groups in total. The fraction of sp³-hybridized carbons (Fsp3) is 0.294. The zero-order chi connectivity index (χ0) is 13.9. The van der Waals surface area contributed by atoms with E-state index < -0.39 is 0 Å². The number of anilines is 1. The van der Waals surface area contributed by atoms with E-state index in [1.54, 1.807) is 6.07 Å². The van der Waals surface area contributed by atoms with Crippen molar-refractivity contribution in [2.24, 2.45) is 0 Å². The van der Waals surface area contributed by atoms with Crippen molar-refractivity contribution in [3.8, 4) is 0 Å². The first kappa shape index (κ1) is 13.4. The summed E-state index contributed by atoms with van der Waals surface area (Å²) in [7, 11) is 0. The Morgan fingerprint density at radius 1 is 1.10 bits per heavy atom. The molecule has 3 heteroatoms. The monoisotopic (exact) mass is 289 g/mol. The van der Waals surface area contributed by atoms with Gasteiger partial charge in [-0.15, -0.1) is 0 Å². The van der Waals surface area contributed by atoms with Crippen LogP contribution in [0.2, 0.25) is 5.02 Å². The fourth-order valence-electron chi connectivity index (χ4n) is 2.86. The fourth-order valence-corrected chi connectivity index (χ4v) is 2.98. The second-order valence-corrected chi connectivity index (χ2v) is 5.68. The summed E-state index contributed by atoms with van der Waals surface area (Å²) < 4.78 is 13.5. The molecule has 1 aliphatic carbocycles. The molecule has 3 rings (SSSR count). The lowest BCUT2D eigenvalue weighted by molar-refractivity contribution is 0.624. The molecule has 0 amide bonds. The van der Waals surface area contributed by atoms with Crippen LogP contribution in [0.15, 0.2) is 42.5 Å². The van der Waals surface area contributed by atoms with Gasteiger partial charge in [0.25, 0.3) is 0 Å². The van der Waals surface area contributed by atoms with Crippen molar-refractivity contribution >= 4 is 17.3 Å². The zero-order valence-electron chi connectivity index (χ0n) is 11.2. The molecule has 0 aromatic heterocycles. The highest BCUT2D eigenvalue weighted by Gasteiger charge is 2.18. The molecule has 1 nitrogen and oxygen atoms in total. The summed E-state index contributed by atoms with van der Waals surface area (Å²) in [5.74, 6) is -0.376. The molecule has 0 aliphatic heterocycles. The van der Waals surface area contributed by atoms with Crippen molar-refractivity contribution in [3.05, 3.63) is 64.4 Å². The van der Waals surface area contributed by atoms with Gasteiger partial charge in [-0.3, -0.25) is 0 Å². The molecule has 0 bridgehead atoms. The van der Waals surface area contributed by atoms with Gasteiger partial charge in [0, 0.05) is 5.69 Å². The average molecular weight is 290 g/mol. The Morgan fingerprint density at radius 2 is 1.95 bits per heavy atom. The molecule has 2 aromatic carbocycles. The maximum atomic E-state index is 13.5. The molecule has 104 valence electrons. The minimum absolute atomic E-state index is 0.164. The Bertz CT molecular complexity index is 612. The Balaban J connectivity index is 1.88. The molecule has 0 heterocycles. The standard InChI is InChI=1S/C17H17ClFN/c18-15-10-9-13(11-16(15)19)20-17-8-4-2-6-12-5-1-3-7-14(12)17/h1,3,5,7,9-11,17,20H,2,4,6,8H2. The van der Waals surface area contributed by atoms with E-state index in [9.17, 15) is 4.39 Å². The van der Waals surface area contributed by atoms with Gasteiger partial charge in [0.05, 0.1) is 11.1 Å². The lowest BCUT2D eigenvalue weighted by Crippen LogP contribution is -2.11. The van der Waals surface area contributed by atoms with Crippen molar-refractivity contribution in [1.82, 2.24) is 0 Å². The van der Waals surface area contributed by atoms with Gasteiger partial charge in [-0.1, -0.05) is 42.3 Å². The number of fused-ring (bicyclic) bond motifs is 1. The Kier molecular flexibility index (Phi) is 3.93. The topological polar surface area (TPSA) is 12.0 Å². The SMILES string of the molecule is Fc1cc(NC2CCCCc3ccccc32)ccc1Cl. The summed E-state index contributed by atoms with van der Waals surface area (Å²) in [6.07, 6.45) is 4.59. The summed E-state index contributed by atoms with van der Waals surface area (Å²) in [5.41, 5.74) is 3.52. The quantitative estimate of drug-likeness (QED) is 0.734. The first-order valence-corrected chi connectivity index (χ1v) is 7.41. The number of hydrogen-bond donors (Lipinski definition) is 1. The van der Waals surface area contributed by atoms with Crippen LogP contribution >= 0.6 is 11.6 Å². The molecule has 1 aliphatic rings. The molecule has 2 aromatic rings. The van der Waals surface area contributed by atoms with Crippen molar-refractivity contribution in [1.29, 1.82) is 0 Å². The van der Waals surface area contributed by atoms with Gasteiger partial charge >= 0.3 is 0 Å². The molecule has 1 unspecified atom stereocenters. The van der Waals surface area contributed by atoms with E-state index in [0.29, 0.717) is 0 Å². The van der Waals surface area contributed by atoms with E-state index in [0.717, 1.165) is 18.5 Å². The number of rotatable bonds is 2. The van der Waals surface area contributed by atoms with Crippen LogP contribution in [0, 0.1) is 5.82 Å². The molecule has 1 atom stereocenters. The van der Waals surface area contributed by atoms with Crippen LogP contribution in [0.1, 0.15) is 36.4 Å². The lowest BCUT2D eigenvalue weighted by atomic mass is 9.99. The van der Waals surface area contributed by atoms with E-state index >= 15 is 0 Å². The van der Waals surface area contributed by atoms with E-state index in [4.69, 9.17) is 11.6 Å². The van der Waals surface area contributed by atoms with Crippen molar-refractivity contribution in [2.75, 3.05) is 5.32 Å². The summed E-state index contributed by atoms with van der Waals surface area (Å²) >= 11 is 5.73. The van der Waals surface area contributed by atoms with Gasteiger partial charge in [0.2, 0.25) is 0 Å². The van der Waals surface area contributed by atoms with Gasteiger partial charge in [-0.05, 0) is 48.6 Å². The number of aryl methyl sites for hydroxylation is 1. The summed E-state index contributed by atoms with van der Waals surface area (Å²) in [4.78, 5) is 0. The van der Waals surface area contributed by atoms with Crippen LogP contribution in [0.5, 0.6) is 0 Å². The molecule has 20 heavy (non-hydrogen) atoms. The van der Waals surface area contributed by atoms with Gasteiger partial charge < -0.3 is 5.32 Å². The van der Waals surface area contributed by atoms with Crippen molar-refractivity contribution in [3.63, 3.8) is 0 Å². The predicted molar refractivity (Wildman–Crippen MR) is 81.8 cm³/mol. The minimum atomic E-state index is -0.376. The average Bonchev–Trinajstić information content (AvgIpc) is 2.66.